The van der Waals surface area contributed by atoms with Crippen molar-refractivity contribution in [2.24, 2.45) is 0 Å². The summed E-state index contributed by atoms with van der Waals surface area (Å²) in [5, 5.41) is 4.27. The van der Waals surface area contributed by atoms with E-state index >= 15 is 0 Å². The maximum Gasteiger partial charge on any atom is 0.124 e. The van der Waals surface area contributed by atoms with Crippen molar-refractivity contribution in [3.8, 4) is 5.75 Å². The first-order valence-electron chi connectivity index (χ1n) is 7.00. The van der Waals surface area contributed by atoms with Gasteiger partial charge in [0, 0.05) is 28.7 Å². The molecule has 104 valence electrons. The van der Waals surface area contributed by atoms with Crippen LogP contribution in [-0.2, 0) is 13.2 Å². The van der Waals surface area contributed by atoms with Gasteiger partial charge in [-0.25, -0.2) is 0 Å². The molecular weight excluding hydrogens is 270 g/mol. The van der Waals surface area contributed by atoms with Crippen LogP contribution in [0.2, 0.25) is 5.02 Å². The molecule has 1 aliphatic carbocycles. The van der Waals surface area contributed by atoms with E-state index < -0.39 is 0 Å². The predicted octanol–water partition coefficient (Wildman–Crippen LogP) is 4.17. The van der Waals surface area contributed by atoms with E-state index in [2.05, 4.69) is 11.4 Å². The lowest BCUT2D eigenvalue weighted by atomic mass is 10.2. The van der Waals surface area contributed by atoms with Crippen molar-refractivity contribution >= 4 is 11.6 Å². The molecule has 0 aliphatic heterocycles. The molecule has 20 heavy (non-hydrogen) atoms. The Hall–Kier alpha value is -1.51. The highest BCUT2D eigenvalue weighted by atomic mass is 35.5. The summed E-state index contributed by atoms with van der Waals surface area (Å²) in [4.78, 5) is 0. The Balaban J connectivity index is 1.65. The van der Waals surface area contributed by atoms with Crippen molar-refractivity contribution < 1.29 is 4.74 Å². The van der Waals surface area contributed by atoms with Gasteiger partial charge in [0.2, 0.25) is 0 Å². The normalized spacial score (nSPS) is 14.2. The van der Waals surface area contributed by atoms with Crippen molar-refractivity contribution in [1.29, 1.82) is 0 Å². The summed E-state index contributed by atoms with van der Waals surface area (Å²) in [5.74, 6) is 0.931. The van der Waals surface area contributed by atoms with Crippen molar-refractivity contribution in [1.82, 2.24) is 5.32 Å². The van der Waals surface area contributed by atoms with Crippen LogP contribution in [0.4, 0.5) is 0 Å². The molecule has 0 saturated heterocycles. The molecule has 2 aromatic carbocycles. The fourth-order valence-corrected chi connectivity index (χ4v) is 2.29. The Bertz CT molecular complexity index is 581. The second-order valence-electron chi connectivity index (χ2n) is 5.14. The molecule has 0 amide bonds. The molecule has 2 aromatic rings. The largest absolute Gasteiger partial charge is 0.489 e. The first kappa shape index (κ1) is 13.5. The number of ether oxygens (including phenoxy) is 1. The number of benzene rings is 2. The molecule has 1 fully saturated rings. The van der Waals surface area contributed by atoms with Crippen LogP contribution in [0.3, 0.4) is 0 Å². The minimum Gasteiger partial charge on any atom is -0.489 e. The van der Waals surface area contributed by atoms with Crippen LogP contribution in [0, 0.1) is 0 Å². The molecule has 3 heteroatoms. The lowest BCUT2D eigenvalue weighted by molar-refractivity contribution is 0.302. The van der Waals surface area contributed by atoms with E-state index in [1.807, 2.05) is 42.5 Å². The SMILES string of the molecule is Clc1ccccc1COc1ccccc1CNC1CC1. The summed E-state index contributed by atoms with van der Waals surface area (Å²) in [6.45, 7) is 1.36. The van der Waals surface area contributed by atoms with E-state index in [1.54, 1.807) is 0 Å². The molecule has 0 radical (unpaired) electrons. The number of rotatable bonds is 6. The Labute approximate surface area is 124 Å². The zero-order valence-electron chi connectivity index (χ0n) is 11.3. The number of halogens is 1. The van der Waals surface area contributed by atoms with Crippen LogP contribution in [0.25, 0.3) is 0 Å². The molecule has 0 atom stereocenters. The van der Waals surface area contributed by atoms with Crippen LogP contribution in [0.15, 0.2) is 48.5 Å². The second kappa shape index (κ2) is 6.29. The van der Waals surface area contributed by atoms with Crippen LogP contribution >= 0.6 is 11.6 Å². The third-order valence-corrected chi connectivity index (χ3v) is 3.84. The molecule has 3 rings (SSSR count). The summed E-state index contributed by atoms with van der Waals surface area (Å²) < 4.78 is 5.93. The monoisotopic (exact) mass is 287 g/mol. The predicted molar refractivity (Wildman–Crippen MR) is 82.1 cm³/mol. The fraction of sp³-hybridized carbons (Fsp3) is 0.294. The average molecular weight is 288 g/mol. The lowest BCUT2D eigenvalue weighted by Gasteiger charge is -2.12. The molecule has 1 aliphatic rings. The first-order chi connectivity index (χ1) is 9.83. The van der Waals surface area contributed by atoms with Gasteiger partial charge in [0.05, 0.1) is 0 Å². The lowest BCUT2D eigenvalue weighted by Crippen LogP contribution is -2.16. The van der Waals surface area contributed by atoms with E-state index in [9.17, 15) is 0 Å². The van der Waals surface area contributed by atoms with Crippen LogP contribution in [0.1, 0.15) is 24.0 Å². The van der Waals surface area contributed by atoms with E-state index in [4.69, 9.17) is 16.3 Å². The highest BCUT2D eigenvalue weighted by Gasteiger charge is 2.20. The van der Waals surface area contributed by atoms with E-state index in [-0.39, 0.29) is 0 Å². The van der Waals surface area contributed by atoms with Gasteiger partial charge < -0.3 is 10.1 Å². The number of hydrogen-bond donors (Lipinski definition) is 1. The highest BCUT2D eigenvalue weighted by Crippen LogP contribution is 2.24. The Morgan fingerprint density at radius 3 is 2.45 bits per heavy atom. The minimum absolute atomic E-state index is 0.500. The Kier molecular flexibility index (Phi) is 4.24. The van der Waals surface area contributed by atoms with Gasteiger partial charge in [0.15, 0.2) is 0 Å². The fourth-order valence-electron chi connectivity index (χ4n) is 2.10. The topological polar surface area (TPSA) is 21.3 Å². The Morgan fingerprint density at radius 1 is 1.00 bits per heavy atom. The summed E-state index contributed by atoms with van der Waals surface area (Å²) >= 11 is 6.15. The summed E-state index contributed by atoms with van der Waals surface area (Å²) in [7, 11) is 0. The van der Waals surface area contributed by atoms with Crippen LogP contribution in [-0.4, -0.2) is 6.04 Å². The van der Waals surface area contributed by atoms with E-state index in [1.165, 1.54) is 18.4 Å². The zero-order chi connectivity index (χ0) is 13.8. The standard InChI is InChI=1S/C17H18ClNO/c18-16-7-3-1-6-14(16)12-20-17-8-4-2-5-13(17)11-19-15-9-10-15/h1-8,15,19H,9-12H2. The van der Waals surface area contributed by atoms with Gasteiger partial charge in [0.1, 0.15) is 12.4 Å². The van der Waals surface area contributed by atoms with E-state index in [0.717, 1.165) is 22.9 Å². The van der Waals surface area contributed by atoms with E-state index in [0.29, 0.717) is 12.6 Å². The van der Waals surface area contributed by atoms with Crippen molar-refractivity contribution in [3.63, 3.8) is 0 Å². The molecule has 0 heterocycles. The van der Waals surface area contributed by atoms with Gasteiger partial charge in [-0.3, -0.25) is 0 Å². The summed E-state index contributed by atoms with van der Waals surface area (Å²) in [5.41, 5.74) is 2.21. The van der Waals surface area contributed by atoms with Gasteiger partial charge >= 0.3 is 0 Å². The Morgan fingerprint density at radius 2 is 1.70 bits per heavy atom. The quantitative estimate of drug-likeness (QED) is 0.861. The van der Waals surface area contributed by atoms with Crippen LogP contribution < -0.4 is 10.1 Å². The number of nitrogens with one attached hydrogen (secondary N) is 1. The molecule has 0 aromatic heterocycles. The number of hydrogen-bond acceptors (Lipinski definition) is 2. The maximum atomic E-state index is 6.15. The molecule has 1 N–H and O–H groups in total. The third-order valence-electron chi connectivity index (χ3n) is 3.47. The third kappa shape index (κ3) is 3.53. The molecule has 0 bridgehead atoms. The second-order valence-corrected chi connectivity index (χ2v) is 5.55. The smallest absolute Gasteiger partial charge is 0.124 e. The zero-order valence-corrected chi connectivity index (χ0v) is 12.1. The summed E-state index contributed by atoms with van der Waals surface area (Å²) in [6, 6.07) is 16.7. The van der Waals surface area contributed by atoms with Gasteiger partial charge in [-0.1, -0.05) is 48.0 Å². The highest BCUT2D eigenvalue weighted by molar-refractivity contribution is 6.31. The van der Waals surface area contributed by atoms with Gasteiger partial charge in [0.25, 0.3) is 0 Å². The van der Waals surface area contributed by atoms with Crippen molar-refractivity contribution in [2.75, 3.05) is 0 Å². The molecular formula is C17H18ClNO. The molecule has 2 nitrogen and oxygen atoms in total. The summed E-state index contributed by atoms with van der Waals surface area (Å²) in [6.07, 6.45) is 2.59. The average Bonchev–Trinajstić information content (AvgIpc) is 3.29. The molecule has 0 unspecified atom stereocenters. The maximum absolute atomic E-state index is 6.15. The molecule has 0 spiro atoms. The van der Waals surface area contributed by atoms with Crippen molar-refractivity contribution in [3.05, 3.63) is 64.7 Å². The first-order valence-corrected chi connectivity index (χ1v) is 7.38. The van der Waals surface area contributed by atoms with Crippen molar-refractivity contribution in [2.45, 2.75) is 32.0 Å². The minimum atomic E-state index is 0.500. The van der Waals surface area contributed by atoms with Gasteiger partial charge in [-0.05, 0) is 25.0 Å². The number of para-hydroxylation sites is 1. The van der Waals surface area contributed by atoms with Gasteiger partial charge in [-0.2, -0.15) is 0 Å². The molecule has 1 saturated carbocycles. The van der Waals surface area contributed by atoms with Gasteiger partial charge in [-0.15, -0.1) is 0 Å². The van der Waals surface area contributed by atoms with Crippen LogP contribution in [0.5, 0.6) is 5.75 Å².